The van der Waals surface area contributed by atoms with Crippen molar-refractivity contribution in [3.8, 4) is 0 Å². The number of hydrogen-bond acceptors (Lipinski definition) is 2. The average molecular weight is 450 g/mol. The van der Waals surface area contributed by atoms with Crippen LogP contribution >= 0.6 is 0 Å². The van der Waals surface area contributed by atoms with E-state index in [2.05, 4.69) is 148 Å². The summed E-state index contributed by atoms with van der Waals surface area (Å²) < 4.78 is 0. The lowest BCUT2D eigenvalue weighted by molar-refractivity contribution is -0.277. The van der Waals surface area contributed by atoms with Crippen LogP contribution in [-0.2, 0) is 22.4 Å². The van der Waals surface area contributed by atoms with E-state index in [1.54, 1.807) is 0 Å². The molecular formula is C32H35NO. The molecule has 0 aliphatic carbocycles. The summed E-state index contributed by atoms with van der Waals surface area (Å²) in [5.41, 5.74) is 4.16. The van der Waals surface area contributed by atoms with Crippen molar-refractivity contribution in [3.63, 3.8) is 0 Å². The smallest absolute Gasteiger partial charge is 0.109 e. The summed E-state index contributed by atoms with van der Waals surface area (Å²) in [6.07, 6.45) is 0. The second-order valence-corrected chi connectivity index (χ2v) is 9.93. The molecule has 0 aliphatic rings. The Morgan fingerprint density at radius 1 is 0.588 bits per heavy atom. The molecule has 1 atom stereocenters. The zero-order chi connectivity index (χ0) is 24.0. The molecule has 2 heteroatoms. The van der Waals surface area contributed by atoms with Gasteiger partial charge in [0.05, 0.1) is 6.04 Å². The molecule has 0 aliphatic heterocycles. The third kappa shape index (κ3) is 5.47. The van der Waals surface area contributed by atoms with E-state index in [1.807, 2.05) is 6.07 Å². The fourth-order valence-electron chi connectivity index (χ4n) is 4.73. The Morgan fingerprint density at radius 2 is 1.03 bits per heavy atom. The molecule has 4 aromatic carbocycles. The maximum absolute atomic E-state index is 6.99. The van der Waals surface area contributed by atoms with Crippen LogP contribution in [0.2, 0.25) is 0 Å². The van der Waals surface area contributed by atoms with Crippen molar-refractivity contribution in [2.45, 2.75) is 51.3 Å². The van der Waals surface area contributed by atoms with Crippen LogP contribution in [-0.4, -0.2) is 5.06 Å². The van der Waals surface area contributed by atoms with Gasteiger partial charge in [-0.2, -0.15) is 5.06 Å². The Morgan fingerprint density at radius 3 is 1.56 bits per heavy atom. The van der Waals surface area contributed by atoms with Gasteiger partial charge in [-0.05, 0) is 36.1 Å². The van der Waals surface area contributed by atoms with Gasteiger partial charge in [0.1, 0.15) is 5.60 Å². The maximum atomic E-state index is 6.99. The summed E-state index contributed by atoms with van der Waals surface area (Å²) in [5, 5.41) is 2.20. The molecule has 0 saturated heterocycles. The molecule has 4 aromatic rings. The van der Waals surface area contributed by atoms with Gasteiger partial charge in [-0.25, -0.2) is 0 Å². The summed E-state index contributed by atoms with van der Waals surface area (Å²) in [4.78, 5) is 6.99. The minimum atomic E-state index is -0.504. The minimum absolute atomic E-state index is 0.0145. The fourth-order valence-corrected chi connectivity index (χ4v) is 4.73. The summed E-state index contributed by atoms with van der Waals surface area (Å²) in [6, 6.07) is 42.5. The van der Waals surface area contributed by atoms with Gasteiger partial charge < -0.3 is 0 Å². The lowest BCUT2D eigenvalue weighted by atomic mass is 9.74. The van der Waals surface area contributed by atoms with Crippen LogP contribution in [0.25, 0.3) is 0 Å². The second-order valence-electron chi connectivity index (χ2n) is 9.93. The van der Waals surface area contributed by atoms with Gasteiger partial charge in [-0.15, -0.1) is 0 Å². The zero-order valence-corrected chi connectivity index (χ0v) is 20.7. The third-order valence-electron chi connectivity index (χ3n) is 6.60. The standard InChI is InChI=1S/C32H35NO/c1-31(2,28-21-13-7-14-22-28)30(27-19-11-6-12-20-27)33(25-26-17-9-5-10-18-26)34-32(3,4)29-23-15-8-16-24-29/h5-24,30H,25H2,1-4H3. The summed E-state index contributed by atoms with van der Waals surface area (Å²) >= 11 is 0. The highest BCUT2D eigenvalue weighted by Gasteiger charge is 2.40. The van der Waals surface area contributed by atoms with E-state index in [0.29, 0.717) is 6.54 Å². The molecule has 0 heterocycles. The third-order valence-corrected chi connectivity index (χ3v) is 6.60. The Kier molecular flexibility index (Phi) is 7.31. The molecule has 34 heavy (non-hydrogen) atoms. The molecule has 0 saturated carbocycles. The van der Waals surface area contributed by atoms with Crippen LogP contribution < -0.4 is 0 Å². The molecule has 4 rings (SSSR count). The van der Waals surface area contributed by atoms with Crippen molar-refractivity contribution >= 4 is 0 Å². The number of nitrogens with zero attached hydrogens (tertiary/aromatic N) is 1. The summed E-state index contributed by atoms with van der Waals surface area (Å²) in [6.45, 7) is 9.61. The van der Waals surface area contributed by atoms with Crippen molar-refractivity contribution in [3.05, 3.63) is 144 Å². The Bertz CT molecular complexity index is 1140. The number of benzene rings is 4. The summed E-state index contributed by atoms with van der Waals surface area (Å²) in [7, 11) is 0. The molecule has 0 N–H and O–H groups in total. The van der Waals surface area contributed by atoms with Crippen molar-refractivity contribution in [2.75, 3.05) is 0 Å². The highest BCUT2D eigenvalue weighted by atomic mass is 16.7. The maximum Gasteiger partial charge on any atom is 0.109 e. The van der Waals surface area contributed by atoms with Crippen molar-refractivity contribution in [1.29, 1.82) is 0 Å². The largest absolute Gasteiger partial charge is 0.287 e. The molecular weight excluding hydrogens is 414 g/mol. The molecule has 0 fully saturated rings. The van der Waals surface area contributed by atoms with Gasteiger partial charge in [-0.1, -0.05) is 135 Å². The van der Waals surface area contributed by atoms with E-state index in [-0.39, 0.29) is 11.5 Å². The van der Waals surface area contributed by atoms with Crippen molar-refractivity contribution in [1.82, 2.24) is 5.06 Å². The van der Waals surface area contributed by atoms with Gasteiger partial charge in [0.2, 0.25) is 0 Å². The molecule has 0 amide bonds. The quantitative estimate of drug-likeness (QED) is 0.240. The number of hydrogen-bond donors (Lipinski definition) is 0. The van der Waals surface area contributed by atoms with Crippen molar-refractivity contribution < 1.29 is 4.84 Å². The van der Waals surface area contributed by atoms with E-state index >= 15 is 0 Å². The molecule has 1 unspecified atom stereocenters. The first kappa shape index (κ1) is 23.9. The van der Waals surface area contributed by atoms with E-state index in [4.69, 9.17) is 4.84 Å². The molecule has 0 bridgehead atoms. The molecule has 174 valence electrons. The first-order chi connectivity index (χ1) is 16.4. The lowest BCUT2D eigenvalue weighted by Gasteiger charge is -2.45. The predicted octanol–water partition coefficient (Wildman–Crippen LogP) is 8.07. The predicted molar refractivity (Wildman–Crippen MR) is 141 cm³/mol. The van der Waals surface area contributed by atoms with E-state index in [9.17, 15) is 0 Å². The van der Waals surface area contributed by atoms with Gasteiger partial charge in [0.25, 0.3) is 0 Å². The highest BCUT2D eigenvalue weighted by Crippen LogP contribution is 2.43. The van der Waals surface area contributed by atoms with Crippen LogP contribution in [0.4, 0.5) is 0 Å². The van der Waals surface area contributed by atoms with Crippen LogP contribution in [0.15, 0.2) is 121 Å². The molecule has 2 nitrogen and oxygen atoms in total. The van der Waals surface area contributed by atoms with Crippen LogP contribution in [0, 0.1) is 0 Å². The van der Waals surface area contributed by atoms with Gasteiger partial charge in [0.15, 0.2) is 0 Å². The van der Waals surface area contributed by atoms with Crippen LogP contribution in [0.5, 0.6) is 0 Å². The Balaban J connectivity index is 1.82. The minimum Gasteiger partial charge on any atom is -0.287 e. The number of rotatable bonds is 9. The molecule has 0 aromatic heterocycles. The highest BCUT2D eigenvalue weighted by molar-refractivity contribution is 5.32. The lowest BCUT2D eigenvalue weighted by Crippen LogP contribution is -2.44. The number of hydroxylamine groups is 2. The Labute approximate surface area is 204 Å². The normalized spacial score (nSPS) is 13.1. The van der Waals surface area contributed by atoms with E-state index in [0.717, 1.165) is 5.56 Å². The Hall–Kier alpha value is -3.20. The molecule has 0 radical (unpaired) electrons. The van der Waals surface area contributed by atoms with Gasteiger partial charge in [-0.3, -0.25) is 4.84 Å². The SMILES string of the molecule is CC(C)(ON(Cc1ccccc1)C(c1ccccc1)C(C)(C)c1ccccc1)c1ccccc1. The first-order valence-electron chi connectivity index (χ1n) is 12.0. The van der Waals surface area contributed by atoms with Gasteiger partial charge >= 0.3 is 0 Å². The first-order valence-corrected chi connectivity index (χ1v) is 12.0. The van der Waals surface area contributed by atoms with Crippen LogP contribution in [0.1, 0.15) is 56.0 Å². The van der Waals surface area contributed by atoms with E-state index in [1.165, 1.54) is 16.7 Å². The molecule has 0 spiro atoms. The van der Waals surface area contributed by atoms with E-state index < -0.39 is 5.60 Å². The summed E-state index contributed by atoms with van der Waals surface area (Å²) in [5.74, 6) is 0. The second kappa shape index (κ2) is 10.4. The van der Waals surface area contributed by atoms with Gasteiger partial charge in [0, 0.05) is 12.0 Å². The van der Waals surface area contributed by atoms with Crippen LogP contribution in [0.3, 0.4) is 0 Å². The van der Waals surface area contributed by atoms with Crippen molar-refractivity contribution in [2.24, 2.45) is 0 Å². The zero-order valence-electron chi connectivity index (χ0n) is 20.7. The topological polar surface area (TPSA) is 12.5 Å². The average Bonchev–Trinajstić information content (AvgIpc) is 2.86. The fraction of sp³-hybridized carbons (Fsp3) is 0.250. The monoisotopic (exact) mass is 449 g/mol.